The summed E-state index contributed by atoms with van der Waals surface area (Å²) < 4.78 is 12.3. The van der Waals surface area contributed by atoms with Crippen LogP contribution in [0.25, 0.3) is 0 Å². The number of rotatable bonds is 3. The van der Waals surface area contributed by atoms with Crippen LogP contribution in [0.3, 0.4) is 0 Å². The first-order valence-corrected chi connectivity index (χ1v) is 14.5. The fourth-order valence-corrected chi connectivity index (χ4v) is 9.31. The number of hydrogen-bond donors (Lipinski definition) is 0. The van der Waals surface area contributed by atoms with Gasteiger partial charge in [0.05, 0.1) is 0 Å². The summed E-state index contributed by atoms with van der Waals surface area (Å²) in [6.07, 6.45) is 13.4. The Morgan fingerprint density at radius 1 is 1.03 bits per heavy atom. The number of hydrogen-bond acceptors (Lipinski definition) is 4. The lowest BCUT2D eigenvalue weighted by molar-refractivity contribution is -0.148. The zero-order valence-corrected chi connectivity index (χ0v) is 22.7. The molecule has 194 valence electrons. The predicted octanol–water partition coefficient (Wildman–Crippen LogP) is 7.39. The van der Waals surface area contributed by atoms with Gasteiger partial charge in [0, 0.05) is 42.8 Å². The van der Waals surface area contributed by atoms with Gasteiger partial charge >= 0.3 is 5.97 Å². The lowest BCUT2D eigenvalue weighted by Gasteiger charge is -2.58. The van der Waals surface area contributed by atoms with Gasteiger partial charge in [-0.25, -0.2) is 0 Å². The minimum absolute atomic E-state index is 0.0723. The molecule has 4 nitrogen and oxygen atoms in total. The van der Waals surface area contributed by atoms with Gasteiger partial charge in [-0.1, -0.05) is 37.1 Å². The van der Waals surface area contributed by atoms with Crippen molar-refractivity contribution in [2.24, 2.45) is 39.5 Å². The van der Waals surface area contributed by atoms with Gasteiger partial charge in [0.1, 0.15) is 12.2 Å². The Bertz CT molecular complexity index is 1080. The van der Waals surface area contributed by atoms with Crippen LogP contribution in [-0.4, -0.2) is 30.6 Å². The molecular formula is C31H40ClNO3. The summed E-state index contributed by atoms with van der Waals surface area (Å²) in [4.78, 5) is 16.3. The van der Waals surface area contributed by atoms with Gasteiger partial charge in [-0.3, -0.25) is 9.79 Å². The fourth-order valence-electron chi connectivity index (χ4n) is 9.18. The Hall–Kier alpha value is -1.81. The van der Waals surface area contributed by atoms with Gasteiger partial charge in [0.2, 0.25) is 5.90 Å². The van der Waals surface area contributed by atoms with Crippen molar-refractivity contribution in [1.82, 2.24) is 0 Å². The van der Waals surface area contributed by atoms with E-state index >= 15 is 0 Å². The molecule has 1 aliphatic heterocycles. The zero-order valence-electron chi connectivity index (χ0n) is 22.0. The highest BCUT2D eigenvalue weighted by atomic mass is 35.5. The topological polar surface area (TPSA) is 47.9 Å². The summed E-state index contributed by atoms with van der Waals surface area (Å²) in [7, 11) is 0. The predicted molar refractivity (Wildman–Crippen MR) is 143 cm³/mol. The molecule has 5 heteroatoms. The average molecular weight is 510 g/mol. The van der Waals surface area contributed by atoms with Crippen LogP contribution in [0.1, 0.15) is 84.1 Å². The highest BCUT2D eigenvalue weighted by Crippen LogP contribution is 2.67. The van der Waals surface area contributed by atoms with Crippen LogP contribution in [0.4, 0.5) is 0 Å². The van der Waals surface area contributed by atoms with Crippen LogP contribution in [-0.2, 0) is 14.3 Å². The van der Waals surface area contributed by atoms with Crippen LogP contribution < -0.4 is 0 Å². The number of nitrogens with zero attached hydrogens (tertiary/aromatic N) is 1. The van der Waals surface area contributed by atoms with Crippen molar-refractivity contribution in [3.8, 4) is 0 Å². The summed E-state index contributed by atoms with van der Waals surface area (Å²) in [6, 6.07) is 7.89. The fraction of sp³-hybridized carbons (Fsp3) is 0.677. The van der Waals surface area contributed by atoms with Crippen molar-refractivity contribution in [3.63, 3.8) is 0 Å². The molecule has 0 spiro atoms. The molecule has 6 rings (SSSR count). The molecule has 5 aliphatic rings. The van der Waals surface area contributed by atoms with E-state index in [1.807, 2.05) is 24.3 Å². The Morgan fingerprint density at radius 3 is 2.58 bits per heavy atom. The van der Waals surface area contributed by atoms with Crippen molar-refractivity contribution in [2.45, 2.75) is 90.8 Å². The lowest BCUT2D eigenvalue weighted by atomic mass is 9.47. The highest BCUT2D eigenvalue weighted by molar-refractivity contribution is 6.30. The monoisotopic (exact) mass is 509 g/mol. The second-order valence-corrected chi connectivity index (χ2v) is 13.0. The molecular weight excluding hydrogens is 470 g/mol. The molecule has 0 saturated heterocycles. The third-order valence-electron chi connectivity index (χ3n) is 10.9. The van der Waals surface area contributed by atoms with E-state index in [9.17, 15) is 4.79 Å². The molecule has 1 aromatic rings. The lowest BCUT2D eigenvalue weighted by Crippen LogP contribution is -2.52. The molecule has 0 unspecified atom stereocenters. The number of allylic oxidation sites excluding steroid dienone is 1. The second kappa shape index (κ2) is 9.19. The number of aliphatic imine (C=N–C) groups is 1. The molecule has 3 saturated carbocycles. The molecule has 0 radical (unpaired) electrons. The molecule has 36 heavy (non-hydrogen) atoms. The van der Waals surface area contributed by atoms with Crippen LogP contribution in [0.15, 0.2) is 40.9 Å². The number of halogens is 1. The van der Waals surface area contributed by atoms with E-state index in [1.165, 1.54) is 39.0 Å². The van der Waals surface area contributed by atoms with E-state index < -0.39 is 0 Å². The van der Waals surface area contributed by atoms with E-state index in [0.717, 1.165) is 66.5 Å². The van der Waals surface area contributed by atoms with Crippen molar-refractivity contribution >= 4 is 23.5 Å². The normalized spacial score (nSPS) is 41.7. The summed E-state index contributed by atoms with van der Waals surface area (Å²) in [5, 5.41) is 0.743. The number of carbonyl (C=O) groups is 1. The molecule has 0 bridgehead atoms. The van der Waals surface area contributed by atoms with Crippen molar-refractivity contribution in [1.29, 1.82) is 0 Å². The van der Waals surface area contributed by atoms with E-state index in [2.05, 4.69) is 19.9 Å². The molecule has 8 atom stereocenters. The standard InChI is InChI=1S/C31H40ClNO3/c1-19(34)35-23-12-15-30(2)21(18-23)6-9-24-25-10-11-27(31(25,3)16-13-26(24)30)28-14-17-33-29(36-28)20-4-7-22(32)8-5-20/h4-8,23-28H,9-18H2,1-3H3/t23-,24-,25-,26-,27+,28+,30-,31-/m0/s1. The maximum Gasteiger partial charge on any atom is 0.302 e. The summed E-state index contributed by atoms with van der Waals surface area (Å²) in [5.41, 5.74) is 3.22. The zero-order chi connectivity index (χ0) is 25.1. The molecule has 3 fully saturated rings. The van der Waals surface area contributed by atoms with E-state index in [-0.39, 0.29) is 23.6 Å². The van der Waals surface area contributed by atoms with Gasteiger partial charge in [-0.2, -0.15) is 0 Å². The van der Waals surface area contributed by atoms with Crippen molar-refractivity contribution in [2.75, 3.05) is 6.54 Å². The van der Waals surface area contributed by atoms with E-state index in [4.69, 9.17) is 26.1 Å². The SMILES string of the molecule is CC(=O)O[C@H]1CC[C@@]2(C)C(=CC[C@H]3[C@@H]4CC[C@H]([C@H]5CCN=C(c6ccc(Cl)cc6)O5)[C@@]4(C)CC[C@@H]32)C1. The van der Waals surface area contributed by atoms with Gasteiger partial charge < -0.3 is 9.47 Å². The van der Waals surface area contributed by atoms with Crippen LogP contribution in [0.2, 0.25) is 5.02 Å². The Balaban J connectivity index is 1.19. The quantitative estimate of drug-likeness (QED) is 0.315. The smallest absolute Gasteiger partial charge is 0.302 e. The van der Waals surface area contributed by atoms with Crippen LogP contribution in [0, 0.1) is 34.5 Å². The van der Waals surface area contributed by atoms with E-state index in [1.54, 1.807) is 5.57 Å². The first kappa shape index (κ1) is 24.5. The van der Waals surface area contributed by atoms with Gasteiger partial charge in [-0.05, 0) is 97.8 Å². The third-order valence-corrected chi connectivity index (χ3v) is 11.2. The number of ether oxygens (including phenoxy) is 2. The first-order chi connectivity index (χ1) is 17.3. The second-order valence-electron chi connectivity index (χ2n) is 12.6. The summed E-state index contributed by atoms with van der Waals surface area (Å²) in [6.45, 7) is 7.49. The maximum atomic E-state index is 11.6. The molecule has 0 aromatic heterocycles. The number of carbonyl (C=O) groups excluding carboxylic acids is 1. The molecule has 4 aliphatic carbocycles. The minimum Gasteiger partial charge on any atom is -0.474 e. The molecule has 1 heterocycles. The Labute approximate surface area is 220 Å². The highest BCUT2D eigenvalue weighted by Gasteiger charge is 2.60. The van der Waals surface area contributed by atoms with Crippen molar-refractivity contribution in [3.05, 3.63) is 46.5 Å². The largest absolute Gasteiger partial charge is 0.474 e. The summed E-state index contributed by atoms with van der Waals surface area (Å²) in [5.74, 6) is 3.54. The average Bonchev–Trinajstić information content (AvgIpc) is 3.22. The first-order valence-electron chi connectivity index (χ1n) is 14.1. The summed E-state index contributed by atoms with van der Waals surface area (Å²) >= 11 is 6.11. The minimum atomic E-state index is -0.141. The number of esters is 1. The molecule has 1 aromatic carbocycles. The van der Waals surface area contributed by atoms with Crippen LogP contribution in [0.5, 0.6) is 0 Å². The maximum absolute atomic E-state index is 11.6. The molecule has 0 N–H and O–H groups in total. The van der Waals surface area contributed by atoms with Crippen molar-refractivity contribution < 1.29 is 14.3 Å². The van der Waals surface area contributed by atoms with Crippen LogP contribution >= 0.6 is 11.6 Å². The van der Waals surface area contributed by atoms with E-state index in [0.29, 0.717) is 11.3 Å². The van der Waals surface area contributed by atoms with Gasteiger partial charge in [0.25, 0.3) is 0 Å². The van der Waals surface area contributed by atoms with Gasteiger partial charge in [-0.15, -0.1) is 0 Å². The number of benzene rings is 1. The Kier molecular flexibility index (Phi) is 6.26. The molecule has 0 amide bonds. The van der Waals surface area contributed by atoms with Gasteiger partial charge in [0.15, 0.2) is 0 Å². The number of fused-ring (bicyclic) bond motifs is 5. The third kappa shape index (κ3) is 4.03. The Morgan fingerprint density at radius 2 is 1.81 bits per heavy atom.